The second-order valence-corrected chi connectivity index (χ2v) is 4.76. The number of hydrogen-bond donors (Lipinski definition) is 3. The Morgan fingerprint density at radius 3 is 2.45 bits per heavy atom. The van der Waals surface area contributed by atoms with Crippen molar-refractivity contribution in [1.82, 2.24) is 9.55 Å². The number of ether oxygens (including phenoxy) is 1. The van der Waals surface area contributed by atoms with Gasteiger partial charge >= 0.3 is 5.69 Å². The maximum Gasteiger partial charge on any atom is 0.330 e. The zero-order chi connectivity index (χ0) is 15.1. The van der Waals surface area contributed by atoms with Crippen molar-refractivity contribution in [2.24, 2.45) is 5.92 Å². The van der Waals surface area contributed by atoms with E-state index in [2.05, 4.69) is 0 Å². The Bertz CT molecular complexity index is 607. The third-order valence-electron chi connectivity index (χ3n) is 3.68. The molecular formula is C11H14F2N2O5. The minimum Gasteiger partial charge on any atom is -0.393 e. The molecule has 0 bridgehead atoms. The predicted octanol–water partition coefficient (Wildman–Crippen LogP) is -0.940. The summed E-state index contributed by atoms with van der Waals surface area (Å²) in [7, 11) is 0. The van der Waals surface area contributed by atoms with E-state index in [9.17, 15) is 28.6 Å². The minimum absolute atomic E-state index is 0.533. The summed E-state index contributed by atoms with van der Waals surface area (Å²) in [5.41, 5.74) is -3.64. The minimum atomic E-state index is -3.51. The van der Waals surface area contributed by atoms with Crippen LogP contribution in [0.2, 0.25) is 0 Å². The molecule has 9 heteroatoms. The summed E-state index contributed by atoms with van der Waals surface area (Å²) in [6, 6.07) is 0.906. The highest BCUT2D eigenvalue weighted by Crippen LogP contribution is 2.51. The topological polar surface area (TPSA) is 105 Å². The SMILES string of the molecule is CC1C(CO)(CO)O[C@@H](n2ccc(=O)[nH]c2=O)C1(F)F. The van der Waals surface area contributed by atoms with Crippen LogP contribution in [0.4, 0.5) is 8.78 Å². The van der Waals surface area contributed by atoms with E-state index in [1.807, 2.05) is 4.98 Å². The van der Waals surface area contributed by atoms with E-state index in [1.165, 1.54) is 0 Å². The first-order valence-corrected chi connectivity index (χ1v) is 5.87. The van der Waals surface area contributed by atoms with Crippen molar-refractivity contribution in [3.05, 3.63) is 33.1 Å². The predicted molar refractivity (Wildman–Crippen MR) is 62.5 cm³/mol. The van der Waals surface area contributed by atoms with Gasteiger partial charge in [0, 0.05) is 12.3 Å². The molecule has 1 saturated heterocycles. The zero-order valence-corrected chi connectivity index (χ0v) is 10.5. The maximum absolute atomic E-state index is 14.2. The molecule has 1 fully saturated rings. The molecule has 7 nitrogen and oxygen atoms in total. The van der Waals surface area contributed by atoms with Gasteiger partial charge in [-0.05, 0) is 0 Å². The fourth-order valence-electron chi connectivity index (χ4n) is 2.22. The highest BCUT2D eigenvalue weighted by Gasteiger charge is 2.64. The van der Waals surface area contributed by atoms with E-state index < -0.39 is 48.1 Å². The van der Waals surface area contributed by atoms with Crippen LogP contribution in [0.25, 0.3) is 0 Å². The van der Waals surface area contributed by atoms with Crippen LogP contribution in [-0.2, 0) is 4.74 Å². The molecule has 0 amide bonds. The van der Waals surface area contributed by atoms with Gasteiger partial charge in [-0.3, -0.25) is 14.3 Å². The number of aromatic nitrogens is 2. The van der Waals surface area contributed by atoms with Crippen LogP contribution in [0.15, 0.2) is 21.9 Å². The van der Waals surface area contributed by atoms with Crippen molar-refractivity contribution in [3.63, 3.8) is 0 Å². The molecule has 0 aromatic carbocycles. The van der Waals surface area contributed by atoms with Crippen LogP contribution in [0.5, 0.6) is 0 Å². The summed E-state index contributed by atoms with van der Waals surface area (Å²) in [6.07, 6.45) is -1.13. The van der Waals surface area contributed by atoms with Gasteiger partial charge < -0.3 is 14.9 Å². The lowest BCUT2D eigenvalue weighted by Crippen LogP contribution is -2.45. The average molecular weight is 292 g/mol. The molecule has 1 aromatic rings. The number of rotatable bonds is 3. The van der Waals surface area contributed by atoms with E-state index in [-0.39, 0.29) is 0 Å². The van der Waals surface area contributed by atoms with Crippen LogP contribution < -0.4 is 11.2 Å². The molecule has 0 spiro atoms. The van der Waals surface area contributed by atoms with Crippen molar-refractivity contribution in [1.29, 1.82) is 0 Å². The van der Waals surface area contributed by atoms with Crippen LogP contribution in [-0.4, -0.2) is 44.5 Å². The third kappa shape index (κ3) is 1.98. The highest BCUT2D eigenvalue weighted by atomic mass is 19.3. The van der Waals surface area contributed by atoms with Crippen LogP contribution in [0, 0.1) is 5.92 Å². The van der Waals surface area contributed by atoms with E-state index >= 15 is 0 Å². The summed E-state index contributed by atoms with van der Waals surface area (Å²) in [5.74, 6) is -5.03. The van der Waals surface area contributed by atoms with Crippen molar-refractivity contribution >= 4 is 0 Å². The number of aliphatic hydroxyl groups excluding tert-OH is 2. The summed E-state index contributed by atoms with van der Waals surface area (Å²) < 4.78 is 34.1. The number of aromatic amines is 1. The molecule has 1 aliphatic rings. The van der Waals surface area contributed by atoms with Crippen molar-refractivity contribution in [2.75, 3.05) is 13.2 Å². The van der Waals surface area contributed by atoms with Crippen molar-refractivity contribution in [3.8, 4) is 0 Å². The maximum atomic E-state index is 14.2. The Kier molecular flexibility index (Phi) is 3.53. The number of nitrogens with one attached hydrogen (secondary N) is 1. The molecule has 2 heterocycles. The number of nitrogens with zero attached hydrogens (tertiary/aromatic N) is 1. The molecule has 20 heavy (non-hydrogen) atoms. The lowest BCUT2D eigenvalue weighted by molar-refractivity contribution is -0.154. The van der Waals surface area contributed by atoms with Gasteiger partial charge in [0.15, 0.2) is 0 Å². The largest absolute Gasteiger partial charge is 0.393 e. The first-order valence-electron chi connectivity index (χ1n) is 5.87. The molecule has 3 N–H and O–H groups in total. The van der Waals surface area contributed by atoms with Crippen LogP contribution in [0.3, 0.4) is 0 Å². The van der Waals surface area contributed by atoms with Gasteiger partial charge in [-0.2, -0.15) is 0 Å². The first kappa shape index (κ1) is 14.8. The van der Waals surface area contributed by atoms with Gasteiger partial charge in [0.1, 0.15) is 5.60 Å². The summed E-state index contributed by atoms with van der Waals surface area (Å²) in [6.45, 7) is -0.535. The van der Waals surface area contributed by atoms with E-state index in [0.29, 0.717) is 4.57 Å². The molecule has 1 unspecified atom stereocenters. The molecule has 2 rings (SSSR count). The number of aliphatic hydroxyl groups is 2. The van der Waals surface area contributed by atoms with Crippen LogP contribution in [0.1, 0.15) is 13.2 Å². The molecule has 1 aliphatic heterocycles. The third-order valence-corrected chi connectivity index (χ3v) is 3.68. The summed E-state index contributed by atoms with van der Waals surface area (Å²) in [4.78, 5) is 24.4. The Balaban J connectivity index is 2.52. The fraction of sp³-hybridized carbons (Fsp3) is 0.636. The standard InChI is InChI=1S/C11H14F2N2O5/c1-6-10(4-16,5-17)20-8(11(6,12)13)15-3-2-7(18)14-9(15)19/h2-3,6,8,16-17H,4-5H2,1H3,(H,14,18,19)/t6?,8-/m1/s1. The summed E-state index contributed by atoms with van der Waals surface area (Å²) in [5, 5.41) is 18.5. The quantitative estimate of drug-likeness (QED) is 0.667. The van der Waals surface area contributed by atoms with Gasteiger partial charge in [-0.15, -0.1) is 0 Å². The normalized spacial score (nSPS) is 27.6. The highest BCUT2D eigenvalue weighted by molar-refractivity contribution is 5.03. The second kappa shape index (κ2) is 4.76. The molecule has 1 aromatic heterocycles. The van der Waals surface area contributed by atoms with Crippen LogP contribution >= 0.6 is 0 Å². The van der Waals surface area contributed by atoms with Gasteiger partial charge in [-0.1, -0.05) is 6.92 Å². The van der Waals surface area contributed by atoms with E-state index in [0.717, 1.165) is 19.2 Å². The second-order valence-electron chi connectivity index (χ2n) is 4.76. The van der Waals surface area contributed by atoms with E-state index in [1.54, 1.807) is 0 Å². The van der Waals surface area contributed by atoms with Gasteiger partial charge in [-0.25, -0.2) is 13.6 Å². The van der Waals surface area contributed by atoms with Gasteiger partial charge in [0.2, 0.25) is 6.23 Å². The average Bonchev–Trinajstić information content (AvgIpc) is 2.60. The first-order chi connectivity index (χ1) is 9.28. The monoisotopic (exact) mass is 292 g/mol. The zero-order valence-electron chi connectivity index (χ0n) is 10.5. The molecular weight excluding hydrogens is 278 g/mol. The van der Waals surface area contributed by atoms with Crippen molar-refractivity contribution < 1.29 is 23.7 Å². The van der Waals surface area contributed by atoms with E-state index in [4.69, 9.17) is 4.74 Å². The molecule has 2 atom stereocenters. The number of hydrogen-bond acceptors (Lipinski definition) is 5. The molecule has 112 valence electrons. The molecule has 0 saturated carbocycles. The smallest absolute Gasteiger partial charge is 0.330 e. The lowest BCUT2D eigenvalue weighted by Gasteiger charge is -2.28. The number of alkyl halides is 2. The molecule has 0 radical (unpaired) electrons. The lowest BCUT2D eigenvalue weighted by atomic mass is 9.87. The Labute approximate surface area is 111 Å². The molecule has 0 aliphatic carbocycles. The van der Waals surface area contributed by atoms with Gasteiger partial charge in [0.25, 0.3) is 11.5 Å². The van der Waals surface area contributed by atoms with Gasteiger partial charge in [0.05, 0.1) is 19.1 Å². The summed E-state index contributed by atoms with van der Waals surface area (Å²) >= 11 is 0. The Morgan fingerprint density at radius 1 is 1.40 bits per heavy atom. The van der Waals surface area contributed by atoms with Crippen molar-refractivity contribution in [2.45, 2.75) is 24.7 Å². The Morgan fingerprint density at radius 2 is 2.00 bits per heavy atom. The number of H-pyrrole nitrogens is 1. The fourth-order valence-corrected chi connectivity index (χ4v) is 2.22. The Hall–Kier alpha value is -1.58. The number of halogens is 2.